The Hall–Kier alpha value is -2.90. The SMILES string of the molecule is N.N#CC(F)(F)C(F)(F)C(F)(F)C(F)(F)C(F)(F)C(F)(F)F.N=C(N)C(F)(F)C(F)(F)C(F)(F)C(F)(F)C(F)(F)C(F)(F)F. The van der Waals surface area contributed by atoms with E-state index in [9.17, 15) is 114 Å². The molecule has 0 aliphatic rings. The molecule has 0 spiro atoms. The van der Waals surface area contributed by atoms with Crippen molar-refractivity contribution >= 4 is 5.84 Å². The van der Waals surface area contributed by atoms with E-state index in [-0.39, 0.29) is 6.15 Å². The van der Waals surface area contributed by atoms with Gasteiger partial charge in [-0.25, -0.2) is 0 Å². The van der Waals surface area contributed by atoms with E-state index in [0.29, 0.717) is 0 Å². The van der Waals surface area contributed by atoms with Gasteiger partial charge in [-0.2, -0.15) is 119 Å². The lowest BCUT2D eigenvalue weighted by molar-refractivity contribution is -0.435. The second kappa shape index (κ2) is 11.5. The Balaban J connectivity index is -0.000000748. The van der Waals surface area contributed by atoms with E-state index in [0.717, 1.165) is 0 Å². The third-order valence-electron chi connectivity index (χ3n) is 4.35. The molecule has 0 unspecified atom stereocenters. The summed E-state index contributed by atoms with van der Waals surface area (Å²) < 4.78 is 320. The van der Waals surface area contributed by atoms with Gasteiger partial charge >= 0.3 is 71.6 Å². The average molecular weight is 724 g/mol. The van der Waals surface area contributed by atoms with E-state index in [1.165, 1.54) is 0 Å². The Kier molecular flexibility index (Phi) is 11.9. The van der Waals surface area contributed by atoms with E-state index in [1.54, 1.807) is 0 Å². The van der Waals surface area contributed by atoms with Crippen LogP contribution in [-0.2, 0) is 0 Å². The normalized spacial score (nSPS) is 15.5. The van der Waals surface area contributed by atoms with Crippen LogP contribution in [-0.4, -0.2) is 77.4 Å². The van der Waals surface area contributed by atoms with Crippen LogP contribution in [0.15, 0.2) is 0 Å². The molecular formula is C14H6F26N4. The van der Waals surface area contributed by atoms with Gasteiger partial charge < -0.3 is 11.9 Å². The van der Waals surface area contributed by atoms with Crippen LogP contribution in [0.25, 0.3) is 0 Å². The van der Waals surface area contributed by atoms with Crippen molar-refractivity contribution in [3.8, 4) is 6.07 Å². The van der Waals surface area contributed by atoms with Gasteiger partial charge in [0.05, 0.1) is 0 Å². The van der Waals surface area contributed by atoms with Gasteiger partial charge in [0.15, 0.2) is 5.84 Å². The molecule has 0 aromatic heterocycles. The number of hydrogen-bond donors (Lipinski definition) is 3. The summed E-state index contributed by atoms with van der Waals surface area (Å²) >= 11 is 0. The predicted molar refractivity (Wildman–Crippen MR) is 84.1 cm³/mol. The minimum Gasteiger partial charge on any atom is -0.382 e. The Bertz CT molecular complexity index is 1060. The van der Waals surface area contributed by atoms with Crippen molar-refractivity contribution in [2.24, 2.45) is 5.73 Å². The Morgan fingerprint density at radius 3 is 0.795 bits per heavy atom. The molecule has 0 bridgehead atoms. The largest absolute Gasteiger partial charge is 0.460 e. The molecule has 6 N–H and O–H groups in total. The van der Waals surface area contributed by atoms with Crippen molar-refractivity contribution in [1.29, 1.82) is 10.7 Å². The summed E-state index contributed by atoms with van der Waals surface area (Å²) in [6.07, 6.45) is -14.9. The number of amidine groups is 1. The maximum atomic E-state index is 12.7. The number of nitrogens with two attached hydrogens (primary N) is 1. The topological polar surface area (TPSA) is 109 Å². The minimum absolute atomic E-state index is 0. The van der Waals surface area contributed by atoms with Crippen molar-refractivity contribution in [2.45, 2.75) is 71.6 Å². The molecule has 30 heteroatoms. The van der Waals surface area contributed by atoms with E-state index in [2.05, 4.69) is 5.73 Å². The van der Waals surface area contributed by atoms with Crippen molar-refractivity contribution in [3.05, 3.63) is 0 Å². The van der Waals surface area contributed by atoms with Crippen LogP contribution in [0, 0.1) is 16.7 Å². The third-order valence-corrected chi connectivity index (χ3v) is 4.35. The number of rotatable bonds is 9. The number of hydrogen-bond acceptors (Lipinski definition) is 3. The third kappa shape index (κ3) is 6.15. The van der Waals surface area contributed by atoms with E-state index >= 15 is 0 Å². The first-order chi connectivity index (χ1) is 18.0. The first-order valence-electron chi connectivity index (χ1n) is 8.68. The molecule has 0 amide bonds. The summed E-state index contributed by atoms with van der Waals surface area (Å²) in [5.41, 5.74) is 3.76. The van der Waals surface area contributed by atoms with E-state index in [4.69, 9.17) is 10.7 Å². The predicted octanol–water partition coefficient (Wildman–Crippen LogP) is 8.07. The minimum atomic E-state index is -7.97. The average Bonchev–Trinajstić information content (AvgIpc) is 2.76. The lowest BCUT2D eigenvalue weighted by Gasteiger charge is -2.39. The zero-order valence-electron chi connectivity index (χ0n) is 19.1. The molecule has 0 heterocycles. The number of nitrogens with one attached hydrogen (secondary N) is 1. The molecule has 4 nitrogen and oxygen atoms in total. The first kappa shape index (κ1) is 45.5. The van der Waals surface area contributed by atoms with Crippen LogP contribution >= 0.6 is 0 Å². The van der Waals surface area contributed by atoms with Crippen LogP contribution < -0.4 is 11.9 Å². The van der Waals surface area contributed by atoms with Gasteiger partial charge in [-0.15, -0.1) is 0 Å². The summed E-state index contributed by atoms with van der Waals surface area (Å²) in [6, 6.07) is -0.873. The quantitative estimate of drug-likeness (QED) is 0.127. The fourth-order valence-electron chi connectivity index (χ4n) is 1.78. The molecule has 0 aromatic carbocycles. The molecule has 0 saturated heterocycles. The highest BCUT2D eigenvalue weighted by atomic mass is 19.4. The molecule has 0 radical (unpaired) electrons. The van der Waals surface area contributed by atoms with Crippen LogP contribution in [0.5, 0.6) is 0 Å². The summed E-state index contributed by atoms with van der Waals surface area (Å²) in [5.74, 6) is -78.7. The number of halogens is 26. The molecule has 0 rings (SSSR count). The van der Waals surface area contributed by atoms with Crippen LogP contribution in [0.4, 0.5) is 114 Å². The monoisotopic (exact) mass is 724 g/mol. The maximum Gasteiger partial charge on any atom is 0.460 e. The fraction of sp³-hybridized carbons (Fsp3) is 0.857. The van der Waals surface area contributed by atoms with Crippen molar-refractivity contribution in [3.63, 3.8) is 0 Å². The van der Waals surface area contributed by atoms with E-state index in [1.807, 2.05) is 0 Å². The summed E-state index contributed by atoms with van der Waals surface area (Å²) in [6.45, 7) is 0. The van der Waals surface area contributed by atoms with Gasteiger partial charge in [0.25, 0.3) is 0 Å². The van der Waals surface area contributed by atoms with Crippen LogP contribution in [0.1, 0.15) is 0 Å². The number of nitrogens with zero attached hydrogens (tertiary/aromatic N) is 1. The maximum absolute atomic E-state index is 12.7. The van der Waals surface area contributed by atoms with Crippen molar-refractivity contribution in [1.82, 2.24) is 6.15 Å². The fourth-order valence-corrected chi connectivity index (χ4v) is 1.78. The zero-order valence-corrected chi connectivity index (χ0v) is 19.1. The zero-order chi connectivity index (χ0) is 36.3. The Morgan fingerprint density at radius 1 is 0.409 bits per heavy atom. The Labute approximate surface area is 221 Å². The Morgan fingerprint density at radius 2 is 0.614 bits per heavy atom. The molecule has 0 fully saturated rings. The van der Waals surface area contributed by atoms with Gasteiger partial charge in [0, 0.05) is 0 Å². The molecule has 44 heavy (non-hydrogen) atoms. The first-order valence-corrected chi connectivity index (χ1v) is 8.68. The summed E-state index contributed by atoms with van der Waals surface area (Å²) in [4.78, 5) is 0. The van der Waals surface area contributed by atoms with Gasteiger partial charge in [-0.3, -0.25) is 5.41 Å². The highest BCUT2D eigenvalue weighted by molar-refractivity contribution is 5.85. The molecular weight excluding hydrogens is 718 g/mol. The number of alkyl halides is 26. The van der Waals surface area contributed by atoms with Crippen molar-refractivity contribution < 1.29 is 114 Å². The summed E-state index contributed by atoms with van der Waals surface area (Å²) in [7, 11) is 0. The van der Waals surface area contributed by atoms with Gasteiger partial charge in [0.1, 0.15) is 6.07 Å². The van der Waals surface area contributed by atoms with Crippen LogP contribution in [0.3, 0.4) is 0 Å². The van der Waals surface area contributed by atoms with Gasteiger partial charge in [0.2, 0.25) is 0 Å². The van der Waals surface area contributed by atoms with Gasteiger partial charge in [-0.05, 0) is 0 Å². The smallest absolute Gasteiger partial charge is 0.382 e. The molecule has 264 valence electrons. The highest BCUT2D eigenvalue weighted by Gasteiger charge is 2.92. The molecule has 0 aliphatic heterocycles. The summed E-state index contributed by atoms with van der Waals surface area (Å²) in [5, 5.41) is 13.3. The van der Waals surface area contributed by atoms with Crippen molar-refractivity contribution in [2.75, 3.05) is 0 Å². The van der Waals surface area contributed by atoms with E-state index < -0.39 is 83.5 Å². The lowest BCUT2D eigenvalue weighted by Crippen LogP contribution is -2.71. The molecule has 0 aliphatic carbocycles. The highest BCUT2D eigenvalue weighted by Crippen LogP contribution is 2.61. The second-order valence-electron chi connectivity index (χ2n) is 7.26. The number of nitriles is 1. The molecule has 0 atom stereocenters. The van der Waals surface area contributed by atoms with Crippen LogP contribution in [0.2, 0.25) is 0 Å². The molecule has 0 aromatic rings. The standard InChI is InChI=1S/C7H3F13N2.C7F13N.H3N/c8-2(9,1(21)22)3(10,11)4(12,13)5(14,15)6(16,17)7(18,19)20;8-2(9,1-21)3(10,11)4(12,13)5(14,15)6(16,17)7(18,19)20;/h(H3,21,22);;1H3. The lowest BCUT2D eigenvalue weighted by atomic mass is 9.93. The van der Waals surface area contributed by atoms with Gasteiger partial charge in [-0.1, -0.05) is 0 Å². The second-order valence-corrected chi connectivity index (χ2v) is 7.26. The molecule has 0 saturated carbocycles.